The van der Waals surface area contributed by atoms with Gasteiger partial charge in [0.15, 0.2) is 0 Å². The molecule has 2 aromatic rings. The van der Waals surface area contributed by atoms with Crippen molar-refractivity contribution in [1.82, 2.24) is 4.31 Å². The first-order chi connectivity index (χ1) is 12.4. The zero-order chi connectivity index (χ0) is 18.7. The highest BCUT2D eigenvalue weighted by molar-refractivity contribution is 14.1. The molecule has 138 valence electrons. The number of hydrogen-bond donors (Lipinski definition) is 1. The Bertz CT molecular complexity index is 895. The SMILES string of the molecule is O=C(Nc1ccccc1I)C1CCN(S(=O)(=O)c2ccc(F)cc2)CC1. The van der Waals surface area contributed by atoms with Gasteiger partial charge in [-0.1, -0.05) is 12.1 Å². The Morgan fingerprint density at radius 2 is 1.69 bits per heavy atom. The molecule has 0 atom stereocenters. The van der Waals surface area contributed by atoms with Crippen LogP contribution in [0.25, 0.3) is 0 Å². The van der Waals surface area contributed by atoms with E-state index in [0.29, 0.717) is 12.8 Å². The van der Waals surface area contributed by atoms with E-state index in [1.54, 1.807) is 0 Å². The van der Waals surface area contributed by atoms with Crippen LogP contribution in [-0.2, 0) is 14.8 Å². The maximum absolute atomic E-state index is 13.0. The molecule has 0 radical (unpaired) electrons. The summed E-state index contributed by atoms with van der Waals surface area (Å²) < 4.78 is 40.5. The third-order valence-electron chi connectivity index (χ3n) is 4.41. The molecule has 1 heterocycles. The van der Waals surface area contributed by atoms with Gasteiger partial charge in [0, 0.05) is 22.6 Å². The quantitative estimate of drug-likeness (QED) is 0.671. The van der Waals surface area contributed by atoms with E-state index >= 15 is 0 Å². The van der Waals surface area contributed by atoms with Crippen molar-refractivity contribution in [3.8, 4) is 0 Å². The first kappa shape index (κ1) is 19.2. The summed E-state index contributed by atoms with van der Waals surface area (Å²) in [4.78, 5) is 12.5. The van der Waals surface area contributed by atoms with Crippen LogP contribution >= 0.6 is 22.6 Å². The molecule has 1 aliphatic heterocycles. The summed E-state index contributed by atoms with van der Waals surface area (Å²) in [5.41, 5.74) is 0.763. The molecule has 2 aromatic carbocycles. The van der Waals surface area contributed by atoms with Crippen molar-refractivity contribution >= 4 is 44.2 Å². The van der Waals surface area contributed by atoms with Crippen LogP contribution in [0.5, 0.6) is 0 Å². The van der Waals surface area contributed by atoms with Gasteiger partial charge in [-0.15, -0.1) is 0 Å². The fourth-order valence-electron chi connectivity index (χ4n) is 2.91. The minimum absolute atomic E-state index is 0.0700. The monoisotopic (exact) mass is 488 g/mol. The second kappa shape index (κ2) is 8.01. The van der Waals surface area contributed by atoms with Crippen LogP contribution in [-0.4, -0.2) is 31.7 Å². The summed E-state index contributed by atoms with van der Waals surface area (Å²) in [6, 6.07) is 12.3. The Balaban J connectivity index is 1.62. The predicted octanol–water partition coefficient (Wildman–Crippen LogP) is 3.47. The number of anilines is 1. The van der Waals surface area contributed by atoms with Crippen molar-refractivity contribution in [2.24, 2.45) is 5.92 Å². The molecule has 1 fully saturated rings. The number of carbonyl (C=O) groups is 1. The number of hydrogen-bond acceptors (Lipinski definition) is 3. The molecular weight excluding hydrogens is 470 g/mol. The third kappa shape index (κ3) is 4.24. The van der Waals surface area contributed by atoms with E-state index in [0.717, 1.165) is 21.4 Å². The van der Waals surface area contributed by atoms with Crippen LogP contribution < -0.4 is 5.32 Å². The van der Waals surface area contributed by atoms with Crippen LogP contribution in [0.1, 0.15) is 12.8 Å². The smallest absolute Gasteiger partial charge is 0.243 e. The van der Waals surface area contributed by atoms with Gasteiger partial charge in [0.1, 0.15) is 5.82 Å². The lowest BCUT2D eigenvalue weighted by molar-refractivity contribution is -0.120. The molecule has 8 heteroatoms. The number of para-hydroxylation sites is 1. The maximum Gasteiger partial charge on any atom is 0.243 e. The molecule has 26 heavy (non-hydrogen) atoms. The summed E-state index contributed by atoms with van der Waals surface area (Å²) in [7, 11) is -3.66. The van der Waals surface area contributed by atoms with Gasteiger partial charge in [-0.05, 0) is 71.8 Å². The molecule has 1 aliphatic rings. The van der Waals surface area contributed by atoms with E-state index in [2.05, 4.69) is 27.9 Å². The molecule has 1 amide bonds. The van der Waals surface area contributed by atoms with Crippen molar-refractivity contribution in [2.45, 2.75) is 17.7 Å². The molecule has 0 spiro atoms. The number of sulfonamides is 1. The van der Waals surface area contributed by atoms with Gasteiger partial charge in [-0.25, -0.2) is 12.8 Å². The van der Waals surface area contributed by atoms with Gasteiger partial charge in [-0.2, -0.15) is 4.31 Å². The summed E-state index contributed by atoms with van der Waals surface area (Å²) in [5, 5.41) is 2.92. The normalized spacial score (nSPS) is 16.4. The van der Waals surface area contributed by atoms with Gasteiger partial charge in [0.05, 0.1) is 10.6 Å². The fraction of sp³-hybridized carbons (Fsp3) is 0.278. The second-order valence-electron chi connectivity index (χ2n) is 6.10. The average Bonchev–Trinajstić information content (AvgIpc) is 2.64. The number of carbonyl (C=O) groups excluding carboxylic acids is 1. The second-order valence-corrected chi connectivity index (χ2v) is 9.20. The van der Waals surface area contributed by atoms with E-state index in [4.69, 9.17) is 0 Å². The van der Waals surface area contributed by atoms with Crippen LogP contribution in [0, 0.1) is 15.3 Å². The lowest BCUT2D eigenvalue weighted by Gasteiger charge is -2.30. The van der Waals surface area contributed by atoms with Gasteiger partial charge < -0.3 is 5.32 Å². The minimum atomic E-state index is -3.66. The highest BCUT2D eigenvalue weighted by Gasteiger charge is 2.32. The summed E-state index contributed by atoms with van der Waals surface area (Å²) in [6.45, 7) is 0.535. The molecule has 1 N–H and O–H groups in total. The number of nitrogens with zero attached hydrogens (tertiary/aromatic N) is 1. The minimum Gasteiger partial charge on any atom is -0.325 e. The number of benzene rings is 2. The van der Waals surface area contributed by atoms with Crippen LogP contribution in [0.4, 0.5) is 10.1 Å². The van der Waals surface area contributed by atoms with Crippen molar-refractivity contribution in [1.29, 1.82) is 0 Å². The largest absolute Gasteiger partial charge is 0.325 e. The maximum atomic E-state index is 13.0. The molecular formula is C18H18FIN2O3S. The summed E-state index contributed by atoms with van der Waals surface area (Å²) in [6.07, 6.45) is 0.908. The predicted molar refractivity (Wildman–Crippen MR) is 106 cm³/mol. The zero-order valence-electron chi connectivity index (χ0n) is 13.9. The van der Waals surface area contributed by atoms with Crippen molar-refractivity contribution < 1.29 is 17.6 Å². The molecule has 0 bridgehead atoms. The topological polar surface area (TPSA) is 66.5 Å². The molecule has 3 rings (SSSR count). The van der Waals surface area contributed by atoms with Crippen LogP contribution in [0.3, 0.4) is 0 Å². The van der Waals surface area contributed by atoms with E-state index < -0.39 is 15.8 Å². The summed E-state index contributed by atoms with van der Waals surface area (Å²) >= 11 is 2.16. The van der Waals surface area contributed by atoms with E-state index in [1.807, 2.05) is 24.3 Å². The lowest BCUT2D eigenvalue weighted by atomic mass is 9.97. The fourth-order valence-corrected chi connectivity index (χ4v) is 4.90. The summed E-state index contributed by atoms with van der Waals surface area (Å²) in [5.74, 6) is -0.798. The van der Waals surface area contributed by atoms with Gasteiger partial charge in [0.25, 0.3) is 0 Å². The first-order valence-electron chi connectivity index (χ1n) is 8.19. The van der Waals surface area contributed by atoms with Crippen LogP contribution in [0.2, 0.25) is 0 Å². The molecule has 0 aliphatic carbocycles. The molecule has 0 aromatic heterocycles. The van der Waals surface area contributed by atoms with Crippen molar-refractivity contribution in [2.75, 3.05) is 18.4 Å². The molecule has 0 saturated carbocycles. The number of rotatable bonds is 4. The Kier molecular flexibility index (Phi) is 5.93. The Morgan fingerprint density at radius 1 is 1.08 bits per heavy atom. The Labute approximate surface area is 165 Å². The standard InChI is InChI=1S/C18H18FIN2O3S/c19-14-5-7-15(8-6-14)26(24,25)22-11-9-13(10-12-22)18(23)21-17-4-2-1-3-16(17)20/h1-8,13H,9-12H2,(H,21,23). The Hall–Kier alpha value is -1.52. The van der Waals surface area contributed by atoms with Gasteiger partial charge in [0.2, 0.25) is 15.9 Å². The van der Waals surface area contributed by atoms with Gasteiger partial charge >= 0.3 is 0 Å². The van der Waals surface area contributed by atoms with Crippen LogP contribution in [0.15, 0.2) is 53.4 Å². The molecule has 5 nitrogen and oxygen atoms in total. The highest BCUT2D eigenvalue weighted by Crippen LogP contribution is 2.26. The van der Waals surface area contributed by atoms with E-state index in [9.17, 15) is 17.6 Å². The number of amides is 1. The lowest BCUT2D eigenvalue weighted by Crippen LogP contribution is -2.41. The first-order valence-corrected chi connectivity index (χ1v) is 10.7. The number of nitrogens with one attached hydrogen (secondary N) is 1. The van der Waals surface area contributed by atoms with Crippen molar-refractivity contribution in [3.63, 3.8) is 0 Å². The number of piperidine rings is 1. The van der Waals surface area contributed by atoms with E-state index in [-0.39, 0.29) is 29.8 Å². The average molecular weight is 488 g/mol. The Morgan fingerprint density at radius 3 is 2.31 bits per heavy atom. The third-order valence-corrected chi connectivity index (χ3v) is 7.26. The van der Waals surface area contributed by atoms with E-state index in [1.165, 1.54) is 16.4 Å². The number of halogens is 2. The zero-order valence-corrected chi connectivity index (χ0v) is 16.8. The molecule has 1 saturated heterocycles. The van der Waals surface area contributed by atoms with Gasteiger partial charge in [-0.3, -0.25) is 4.79 Å². The highest BCUT2D eigenvalue weighted by atomic mass is 127. The van der Waals surface area contributed by atoms with Crippen molar-refractivity contribution in [3.05, 3.63) is 57.9 Å². The molecule has 0 unspecified atom stereocenters.